The van der Waals surface area contributed by atoms with E-state index in [0.29, 0.717) is 6.42 Å². The third-order valence-corrected chi connectivity index (χ3v) is 5.16. The van der Waals surface area contributed by atoms with Crippen molar-refractivity contribution >= 4 is 21.7 Å². The second kappa shape index (κ2) is 6.47. The fourth-order valence-corrected chi connectivity index (χ4v) is 2.71. The summed E-state index contributed by atoms with van der Waals surface area (Å²) in [4.78, 5) is 25.1. The van der Waals surface area contributed by atoms with Crippen LogP contribution < -0.4 is 5.32 Å². The molecule has 0 aliphatic carbocycles. The van der Waals surface area contributed by atoms with Gasteiger partial charge in [-0.3, -0.25) is 14.5 Å². The van der Waals surface area contributed by atoms with Crippen LogP contribution in [0.15, 0.2) is 0 Å². The van der Waals surface area contributed by atoms with Crippen molar-refractivity contribution in [3.05, 3.63) is 0 Å². The lowest BCUT2D eigenvalue weighted by atomic mass is 10.2. The molecule has 2 atom stereocenters. The molecule has 0 spiro atoms. The zero-order valence-electron chi connectivity index (χ0n) is 11.7. The van der Waals surface area contributed by atoms with E-state index in [4.69, 9.17) is 0 Å². The molecule has 2 unspecified atom stereocenters. The first-order valence-electron chi connectivity index (χ1n) is 6.62. The molecular weight excluding hydrogens is 268 g/mol. The van der Waals surface area contributed by atoms with Crippen molar-refractivity contribution in [2.24, 2.45) is 0 Å². The van der Waals surface area contributed by atoms with Crippen LogP contribution in [0.2, 0.25) is 0 Å². The zero-order valence-corrected chi connectivity index (χ0v) is 12.5. The summed E-state index contributed by atoms with van der Waals surface area (Å²) in [5.74, 6) is -0.348. The van der Waals surface area contributed by atoms with Crippen molar-refractivity contribution < 1.29 is 18.0 Å². The lowest BCUT2D eigenvalue weighted by Crippen LogP contribution is -2.43. The summed E-state index contributed by atoms with van der Waals surface area (Å²) < 4.78 is 22.7. The van der Waals surface area contributed by atoms with Gasteiger partial charge in [-0.15, -0.1) is 0 Å². The molecule has 0 radical (unpaired) electrons. The van der Waals surface area contributed by atoms with Crippen LogP contribution in [-0.2, 0) is 19.4 Å². The highest BCUT2D eigenvalue weighted by atomic mass is 32.2. The lowest BCUT2D eigenvalue weighted by molar-refractivity contribution is -0.141. The lowest BCUT2D eigenvalue weighted by Gasteiger charge is -2.21. The molecule has 1 heterocycles. The number of amides is 2. The highest BCUT2D eigenvalue weighted by Crippen LogP contribution is 2.17. The van der Waals surface area contributed by atoms with Crippen molar-refractivity contribution in [1.82, 2.24) is 10.2 Å². The van der Waals surface area contributed by atoms with E-state index in [1.54, 1.807) is 6.92 Å². The minimum atomic E-state index is -3.05. The number of imide groups is 1. The van der Waals surface area contributed by atoms with Gasteiger partial charge in [-0.25, -0.2) is 8.42 Å². The molecule has 2 amide bonds. The maximum absolute atomic E-state index is 12.0. The molecule has 110 valence electrons. The average molecular weight is 290 g/mol. The first-order valence-corrected chi connectivity index (χ1v) is 8.44. The minimum absolute atomic E-state index is 0.00913. The number of rotatable bonds is 7. The largest absolute Gasteiger partial charge is 0.304 e. The highest BCUT2D eigenvalue weighted by molar-refractivity contribution is 7.91. The standard InChI is InChI=1S/C12H22N2O4S/c1-4-9(3)14-11(15)8-10(12(14)16)13-6-7-19(17,18)5-2/h9-10,13H,4-8H2,1-3H3. The van der Waals surface area contributed by atoms with Gasteiger partial charge in [0.15, 0.2) is 9.84 Å². The molecule has 6 nitrogen and oxygen atoms in total. The second-order valence-electron chi connectivity index (χ2n) is 4.81. The van der Waals surface area contributed by atoms with Gasteiger partial charge in [-0.2, -0.15) is 0 Å². The molecule has 1 saturated heterocycles. The molecule has 0 aromatic rings. The summed E-state index contributed by atoms with van der Waals surface area (Å²) in [5.41, 5.74) is 0. The summed E-state index contributed by atoms with van der Waals surface area (Å²) in [6.45, 7) is 5.54. The predicted molar refractivity (Wildman–Crippen MR) is 72.3 cm³/mol. The normalized spacial score (nSPS) is 22.1. The van der Waals surface area contributed by atoms with E-state index in [1.165, 1.54) is 4.90 Å². The predicted octanol–water partition coefficient (Wildman–Crippen LogP) is -0.0633. The van der Waals surface area contributed by atoms with Crippen LogP contribution in [0, 0.1) is 0 Å². The van der Waals surface area contributed by atoms with E-state index in [0.717, 1.165) is 0 Å². The molecule has 0 bridgehead atoms. The summed E-state index contributed by atoms with van der Waals surface area (Å²) in [5, 5.41) is 2.87. The highest BCUT2D eigenvalue weighted by Gasteiger charge is 2.40. The van der Waals surface area contributed by atoms with Gasteiger partial charge in [0.25, 0.3) is 0 Å². The SMILES string of the molecule is CCC(C)N1C(=O)CC(NCCS(=O)(=O)CC)C1=O. The first kappa shape index (κ1) is 16.1. The molecule has 0 aromatic carbocycles. The van der Waals surface area contributed by atoms with Crippen LogP contribution in [0.5, 0.6) is 0 Å². The van der Waals surface area contributed by atoms with Gasteiger partial charge in [-0.1, -0.05) is 13.8 Å². The number of sulfone groups is 1. The molecule has 1 fully saturated rings. The van der Waals surface area contributed by atoms with Crippen molar-refractivity contribution in [1.29, 1.82) is 0 Å². The van der Waals surface area contributed by atoms with Crippen molar-refractivity contribution in [3.63, 3.8) is 0 Å². The Morgan fingerprint density at radius 2 is 2.00 bits per heavy atom. The minimum Gasteiger partial charge on any atom is -0.304 e. The Morgan fingerprint density at radius 3 is 2.53 bits per heavy atom. The van der Waals surface area contributed by atoms with E-state index in [9.17, 15) is 18.0 Å². The van der Waals surface area contributed by atoms with E-state index in [-0.39, 0.29) is 42.3 Å². The van der Waals surface area contributed by atoms with Gasteiger partial charge in [0, 0.05) is 18.3 Å². The van der Waals surface area contributed by atoms with Crippen molar-refractivity contribution in [2.75, 3.05) is 18.1 Å². The van der Waals surface area contributed by atoms with E-state index >= 15 is 0 Å². The van der Waals surface area contributed by atoms with Crippen molar-refractivity contribution in [2.45, 2.75) is 45.7 Å². The zero-order chi connectivity index (χ0) is 14.6. The average Bonchev–Trinajstić information content (AvgIpc) is 2.64. The van der Waals surface area contributed by atoms with E-state index in [2.05, 4.69) is 5.32 Å². The quantitative estimate of drug-likeness (QED) is 0.664. The van der Waals surface area contributed by atoms with Crippen LogP contribution >= 0.6 is 0 Å². The number of hydrogen-bond acceptors (Lipinski definition) is 5. The first-order chi connectivity index (χ1) is 8.82. The molecular formula is C12H22N2O4S. The molecule has 7 heteroatoms. The fourth-order valence-electron chi connectivity index (χ4n) is 1.99. The number of carbonyl (C=O) groups excluding carboxylic acids is 2. The van der Waals surface area contributed by atoms with Gasteiger partial charge in [0.1, 0.15) is 0 Å². The van der Waals surface area contributed by atoms with Crippen molar-refractivity contribution in [3.8, 4) is 0 Å². The number of nitrogens with one attached hydrogen (secondary N) is 1. The molecule has 1 N–H and O–H groups in total. The summed E-state index contributed by atoms with van der Waals surface area (Å²) >= 11 is 0. The van der Waals surface area contributed by atoms with Crippen LogP contribution in [0.3, 0.4) is 0 Å². The Hall–Kier alpha value is -0.950. The summed E-state index contributed by atoms with van der Waals surface area (Å²) in [6, 6.07) is -0.681. The van der Waals surface area contributed by atoms with Crippen LogP contribution in [-0.4, -0.2) is 55.3 Å². The monoisotopic (exact) mass is 290 g/mol. The molecule has 0 aromatic heterocycles. The molecule has 1 aliphatic heterocycles. The Balaban J connectivity index is 2.54. The van der Waals surface area contributed by atoms with Gasteiger partial charge >= 0.3 is 0 Å². The Kier molecular flexibility index (Phi) is 5.49. The van der Waals surface area contributed by atoms with Gasteiger partial charge in [-0.05, 0) is 13.3 Å². The maximum Gasteiger partial charge on any atom is 0.247 e. The topological polar surface area (TPSA) is 83.6 Å². The van der Waals surface area contributed by atoms with E-state index in [1.807, 2.05) is 13.8 Å². The van der Waals surface area contributed by atoms with Crippen LogP contribution in [0.25, 0.3) is 0 Å². The third kappa shape index (κ3) is 4.01. The summed E-state index contributed by atoms with van der Waals surface area (Å²) in [6.07, 6.45) is 0.837. The number of hydrogen-bond donors (Lipinski definition) is 1. The fraction of sp³-hybridized carbons (Fsp3) is 0.833. The van der Waals surface area contributed by atoms with Gasteiger partial charge in [0.2, 0.25) is 11.8 Å². The summed E-state index contributed by atoms with van der Waals surface area (Å²) in [7, 11) is -3.05. The molecule has 19 heavy (non-hydrogen) atoms. The molecule has 1 rings (SSSR count). The molecule has 0 saturated carbocycles. The van der Waals surface area contributed by atoms with Crippen LogP contribution in [0.4, 0.5) is 0 Å². The second-order valence-corrected chi connectivity index (χ2v) is 7.28. The number of carbonyl (C=O) groups is 2. The number of likely N-dealkylation sites (tertiary alicyclic amines) is 1. The number of nitrogens with zero attached hydrogens (tertiary/aromatic N) is 1. The maximum atomic E-state index is 12.0. The Bertz CT molecular complexity index is 447. The van der Waals surface area contributed by atoms with Crippen LogP contribution in [0.1, 0.15) is 33.6 Å². The van der Waals surface area contributed by atoms with E-state index < -0.39 is 15.9 Å². The van der Waals surface area contributed by atoms with Gasteiger partial charge in [0.05, 0.1) is 18.2 Å². The molecule has 1 aliphatic rings. The van der Waals surface area contributed by atoms with Gasteiger partial charge < -0.3 is 5.32 Å². The third-order valence-electron chi connectivity index (χ3n) is 3.46. The smallest absolute Gasteiger partial charge is 0.247 e. The Morgan fingerprint density at radius 1 is 1.37 bits per heavy atom. The Labute approximate surface area is 114 Å².